The average molecular weight is 240 g/mol. The van der Waals surface area contributed by atoms with Gasteiger partial charge in [0.2, 0.25) is 0 Å². The van der Waals surface area contributed by atoms with Crippen molar-refractivity contribution in [3.05, 3.63) is 30.0 Å². The molecule has 0 saturated heterocycles. The summed E-state index contributed by atoms with van der Waals surface area (Å²) in [5.41, 5.74) is 1.01. The smallest absolute Gasteiger partial charge is 0.154 e. The molecule has 16 heavy (non-hydrogen) atoms. The van der Waals surface area contributed by atoms with Crippen molar-refractivity contribution in [2.24, 2.45) is 0 Å². The first-order valence-corrected chi connectivity index (χ1v) is 6.74. The molecule has 1 aromatic heterocycles. The average Bonchev–Trinajstić information content (AvgIpc) is 2.62. The molecule has 0 amide bonds. The summed E-state index contributed by atoms with van der Waals surface area (Å²) >= 11 is 0. The Labute approximate surface area is 93.4 Å². The van der Waals surface area contributed by atoms with Crippen molar-refractivity contribution in [1.29, 1.82) is 0 Å². The second kappa shape index (κ2) is 3.83. The van der Waals surface area contributed by atoms with E-state index in [2.05, 4.69) is 0 Å². The molecule has 0 radical (unpaired) electrons. The summed E-state index contributed by atoms with van der Waals surface area (Å²) in [7, 11) is -3.12. The number of benzene rings is 1. The summed E-state index contributed by atoms with van der Waals surface area (Å²) in [6.45, 7) is 1.59. The standard InChI is InChI=1S/C11H12O4S/c1-2-16(13,14)7-8-6-15-10-5-3-4-9(12)11(8)10/h3-6,12H,2,7H2,1H3. The minimum atomic E-state index is -3.12. The zero-order valence-electron chi connectivity index (χ0n) is 8.80. The van der Waals surface area contributed by atoms with E-state index in [0.29, 0.717) is 16.5 Å². The Morgan fingerprint density at radius 1 is 1.38 bits per heavy atom. The molecule has 0 bridgehead atoms. The van der Waals surface area contributed by atoms with Gasteiger partial charge in [-0.1, -0.05) is 13.0 Å². The fourth-order valence-electron chi connectivity index (χ4n) is 1.58. The summed E-state index contributed by atoms with van der Waals surface area (Å²) in [5, 5.41) is 10.1. The first kappa shape index (κ1) is 11.0. The van der Waals surface area contributed by atoms with Gasteiger partial charge in [-0.2, -0.15) is 0 Å². The number of rotatable bonds is 3. The van der Waals surface area contributed by atoms with Crippen molar-refractivity contribution >= 4 is 20.8 Å². The lowest BCUT2D eigenvalue weighted by Crippen LogP contribution is -2.05. The lowest BCUT2D eigenvalue weighted by molar-refractivity contribution is 0.481. The van der Waals surface area contributed by atoms with Gasteiger partial charge < -0.3 is 9.52 Å². The van der Waals surface area contributed by atoms with Crippen molar-refractivity contribution < 1.29 is 17.9 Å². The monoisotopic (exact) mass is 240 g/mol. The highest BCUT2D eigenvalue weighted by atomic mass is 32.2. The highest BCUT2D eigenvalue weighted by Gasteiger charge is 2.16. The van der Waals surface area contributed by atoms with Gasteiger partial charge in [-0.15, -0.1) is 0 Å². The molecule has 1 heterocycles. The molecule has 0 spiro atoms. The van der Waals surface area contributed by atoms with Crippen molar-refractivity contribution in [3.8, 4) is 5.75 Å². The molecule has 86 valence electrons. The van der Waals surface area contributed by atoms with Crippen LogP contribution in [0.3, 0.4) is 0 Å². The molecule has 1 aromatic carbocycles. The number of aromatic hydroxyl groups is 1. The molecule has 0 unspecified atom stereocenters. The number of furan rings is 1. The molecule has 0 atom stereocenters. The molecular weight excluding hydrogens is 228 g/mol. The third-order valence-corrected chi connectivity index (χ3v) is 4.10. The maximum absolute atomic E-state index is 11.5. The van der Waals surface area contributed by atoms with Gasteiger partial charge in [-0.25, -0.2) is 8.42 Å². The van der Waals surface area contributed by atoms with Crippen LogP contribution in [0.5, 0.6) is 5.75 Å². The van der Waals surface area contributed by atoms with Crippen LogP contribution in [0.25, 0.3) is 11.0 Å². The molecular formula is C11H12O4S. The summed E-state index contributed by atoms with van der Waals surface area (Å²) in [6, 6.07) is 4.86. The quantitative estimate of drug-likeness (QED) is 0.891. The van der Waals surface area contributed by atoms with E-state index in [0.717, 1.165) is 0 Å². The number of phenols is 1. The summed E-state index contributed by atoms with van der Waals surface area (Å²) < 4.78 is 28.2. The maximum Gasteiger partial charge on any atom is 0.154 e. The van der Waals surface area contributed by atoms with Gasteiger partial charge >= 0.3 is 0 Å². The van der Waals surface area contributed by atoms with Crippen molar-refractivity contribution in [3.63, 3.8) is 0 Å². The van der Waals surface area contributed by atoms with Crippen molar-refractivity contribution in [2.75, 3.05) is 5.75 Å². The van der Waals surface area contributed by atoms with Crippen LogP contribution in [0, 0.1) is 0 Å². The SMILES string of the molecule is CCS(=O)(=O)Cc1coc2cccc(O)c12. The number of sulfone groups is 1. The molecule has 4 nitrogen and oxygen atoms in total. The minimum absolute atomic E-state index is 0.0487. The van der Waals surface area contributed by atoms with Crippen LogP contribution < -0.4 is 0 Å². The van der Waals surface area contributed by atoms with Gasteiger partial charge in [0, 0.05) is 11.3 Å². The van der Waals surface area contributed by atoms with Crippen LogP contribution in [0.2, 0.25) is 0 Å². The fourth-order valence-corrected chi connectivity index (χ4v) is 2.47. The molecule has 0 fully saturated rings. The Hall–Kier alpha value is -1.49. The van der Waals surface area contributed by atoms with Crippen LogP contribution in [0.1, 0.15) is 12.5 Å². The van der Waals surface area contributed by atoms with E-state index in [1.165, 1.54) is 12.3 Å². The van der Waals surface area contributed by atoms with E-state index in [1.807, 2.05) is 0 Å². The van der Waals surface area contributed by atoms with Crippen molar-refractivity contribution in [1.82, 2.24) is 0 Å². The Balaban J connectivity index is 2.54. The summed E-state index contributed by atoms with van der Waals surface area (Å²) in [6.07, 6.45) is 1.39. The topological polar surface area (TPSA) is 67.5 Å². The molecule has 2 rings (SSSR count). The Morgan fingerprint density at radius 3 is 2.81 bits per heavy atom. The zero-order valence-corrected chi connectivity index (χ0v) is 9.62. The maximum atomic E-state index is 11.5. The molecule has 5 heteroatoms. The Morgan fingerprint density at radius 2 is 2.12 bits per heavy atom. The zero-order chi connectivity index (χ0) is 11.8. The predicted octanol–water partition coefficient (Wildman–Crippen LogP) is 2.07. The lowest BCUT2D eigenvalue weighted by Gasteiger charge is -2.00. The second-order valence-electron chi connectivity index (χ2n) is 3.59. The number of hydrogen-bond donors (Lipinski definition) is 1. The van der Waals surface area contributed by atoms with Crippen LogP contribution in [-0.4, -0.2) is 19.3 Å². The molecule has 0 aliphatic carbocycles. The van der Waals surface area contributed by atoms with E-state index in [-0.39, 0.29) is 17.3 Å². The van der Waals surface area contributed by atoms with Gasteiger partial charge in [0.1, 0.15) is 11.3 Å². The van der Waals surface area contributed by atoms with Crippen molar-refractivity contribution in [2.45, 2.75) is 12.7 Å². The first-order valence-electron chi connectivity index (χ1n) is 4.92. The number of fused-ring (bicyclic) bond motifs is 1. The van der Waals surface area contributed by atoms with Crippen LogP contribution in [-0.2, 0) is 15.6 Å². The first-order chi connectivity index (χ1) is 7.53. The van der Waals surface area contributed by atoms with Crippen LogP contribution in [0.15, 0.2) is 28.9 Å². The van der Waals surface area contributed by atoms with Gasteiger partial charge in [-0.05, 0) is 12.1 Å². The molecule has 0 aliphatic heterocycles. The highest BCUT2D eigenvalue weighted by molar-refractivity contribution is 7.90. The number of hydrogen-bond acceptors (Lipinski definition) is 4. The third kappa shape index (κ3) is 1.90. The molecule has 0 aliphatic rings. The van der Waals surface area contributed by atoms with E-state index in [1.54, 1.807) is 19.1 Å². The van der Waals surface area contributed by atoms with E-state index < -0.39 is 9.84 Å². The van der Waals surface area contributed by atoms with E-state index in [9.17, 15) is 13.5 Å². The van der Waals surface area contributed by atoms with E-state index in [4.69, 9.17) is 4.42 Å². The van der Waals surface area contributed by atoms with E-state index >= 15 is 0 Å². The van der Waals surface area contributed by atoms with Gasteiger partial charge in [0.15, 0.2) is 9.84 Å². The molecule has 2 aromatic rings. The summed E-state index contributed by atoms with van der Waals surface area (Å²) in [4.78, 5) is 0. The normalized spacial score (nSPS) is 12.1. The van der Waals surface area contributed by atoms with Gasteiger partial charge in [-0.3, -0.25) is 0 Å². The fraction of sp³-hybridized carbons (Fsp3) is 0.273. The Kier molecular flexibility index (Phi) is 2.63. The Bertz CT molecular complexity index is 610. The van der Waals surface area contributed by atoms with Gasteiger partial charge in [0.25, 0.3) is 0 Å². The predicted molar refractivity (Wildman–Crippen MR) is 61.0 cm³/mol. The van der Waals surface area contributed by atoms with Gasteiger partial charge in [0.05, 0.1) is 17.4 Å². The molecule has 0 saturated carbocycles. The lowest BCUT2D eigenvalue weighted by atomic mass is 10.2. The highest BCUT2D eigenvalue weighted by Crippen LogP contribution is 2.30. The second-order valence-corrected chi connectivity index (χ2v) is 5.94. The minimum Gasteiger partial charge on any atom is -0.507 e. The molecule has 1 N–H and O–H groups in total. The van der Waals surface area contributed by atoms with Crippen LogP contribution in [0.4, 0.5) is 0 Å². The third-order valence-electron chi connectivity index (χ3n) is 2.47. The van der Waals surface area contributed by atoms with Crippen LogP contribution >= 0.6 is 0 Å². The summed E-state index contributed by atoms with van der Waals surface area (Å²) in [5.74, 6) is 0.0222. The number of phenolic OH excluding ortho intramolecular Hbond substituents is 1. The largest absolute Gasteiger partial charge is 0.507 e.